The Balaban J connectivity index is 2.50. The highest BCUT2D eigenvalue weighted by atomic mass is 19.4. The van der Waals surface area contributed by atoms with Crippen LogP contribution in [-0.2, 0) is 10.9 Å². The molecule has 0 amide bonds. The maximum atomic E-state index is 12.6. The molecule has 0 radical (unpaired) electrons. The molecule has 2 heterocycles. The Morgan fingerprint density at radius 3 is 2.38 bits per heavy atom. The van der Waals surface area contributed by atoms with Crippen molar-refractivity contribution in [1.82, 2.24) is 9.55 Å². The van der Waals surface area contributed by atoms with Gasteiger partial charge in [-0.15, -0.1) is 0 Å². The third-order valence-electron chi connectivity index (χ3n) is 3.06. The van der Waals surface area contributed by atoms with E-state index < -0.39 is 54.1 Å². The highest BCUT2D eigenvalue weighted by Gasteiger charge is 2.44. The van der Waals surface area contributed by atoms with E-state index in [1.54, 1.807) is 0 Å². The molecule has 4 N–H and O–H groups in total. The maximum Gasteiger partial charge on any atom is 0.423 e. The van der Waals surface area contributed by atoms with Gasteiger partial charge in [-0.05, 0) is 0 Å². The number of aliphatic hydroxyl groups excluding tert-OH is 3. The van der Waals surface area contributed by atoms with E-state index in [0.29, 0.717) is 4.57 Å². The Morgan fingerprint density at radius 1 is 1.29 bits per heavy atom. The van der Waals surface area contributed by atoms with Gasteiger partial charge >= 0.3 is 11.9 Å². The fourth-order valence-electron chi connectivity index (χ4n) is 1.99. The Kier molecular flexibility index (Phi) is 3.93. The van der Waals surface area contributed by atoms with Crippen LogP contribution in [0.4, 0.5) is 13.2 Å². The van der Waals surface area contributed by atoms with Gasteiger partial charge in [-0.1, -0.05) is 0 Å². The number of nitrogens with one attached hydrogen (secondary N) is 1. The first kappa shape index (κ1) is 15.7. The van der Waals surface area contributed by atoms with Crippen LogP contribution < -0.4 is 11.2 Å². The number of aliphatic hydroxyl groups is 3. The minimum Gasteiger partial charge on any atom is -0.394 e. The minimum absolute atomic E-state index is 0.196. The van der Waals surface area contributed by atoms with E-state index in [2.05, 4.69) is 0 Å². The largest absolute Gasteiger partial charge is 0.423 e. The van der Waals surface area contributed by atoms with E-state index in [9.17, 15) is 33.0 Å². The molecule has 1 saturated heterocycles. The van der Waals surface area contributed by atoms with E-state index in [4.69, 9.17) is 9.84 Å². The summed E-state index contributed by atoms with van der Waals surface area (Å²) in [5.74, 6) is 0. The zero-order chi connectivity index (χ0) is 15.9. The second-order valence-corrected chi connectivity index (χ2v) is 4.44. The second kappa shape index (κ2) is 5.26. The van der Waals surface area contributed by atoms with E-state index in [-0.39, 0.29) is 6.20 Å². The van der Waals surface area contributed by atoms with Gasteiger partial charge in [0.05, 0.1) is 6.61 Å². The number of rotatable bonds is 2. The number of halogens is 3. The molecule has 1 fully saturated rings. The number of nitrogens with zero attached hydrogens (tertiary/aromatic N) is 1. The van der Waals surface area contributed by atoms with Crippen LogP contribution in [0.15, 0.2) is 15.8 Å². The summed E-state index contributed by atoms with van der Waals surface area (Å²) in [4.78, 5) is 24.2. The first-order chi connectivity index (χ1) is 9.66. The van der Waals surface area contributed by atoms with Crippen molar-refractivity contribution in [1.29, 1.82) is 0 Å². The summed E-state index contributed by atoms with van der Waals surface area (Å²) in [6, 6.07) is 0. The summed E-state index contributed by atoms with van der Waals surface area (Å²) in [5.41, 5.74) is -4.53. The Hall–Kier alpha value is -1.69. The number of alkyl halides is 3. The lowest BCUT2D eigenvalue weighted by Crippen LogP contribution is -2.40. The molecule has 0 bridgehead atoms. The molecule has 0 aromatic carbocycles. The summed E-state index contributed by atoms with van der Waals surface area (Å²) in [5, 5.41) is 28.1. The second-order valence-electron chi connectivity index (χ2n) is 4.44. The van der Waals surface area contributed by atoms with Gasteiger partial charge in [0.2, 0.25) is 0 Å². The Morgan fingerprint density at radius 2 is 1.90 bits per heavy atom. The van der Waals surface area contributed by atoms with Crippen LogP contribution >= 0.6 is 0 Å². The monoisotopic (exact) mass is 312 g/mol. The lowest BCUT2D eigenvalue weighted by atomic mass is 10.1. The number of ether oxygens (including phenoxy) is 1. The zero-order valence-electron chi connectivity index (χ0n) is 10.2. The molecule has 0 aliphatic carbocycles. The number of aromatic amines is 1. The van der Waals surface area contributed by atoms with Gasteiger partial charge < -0.3 is 20.1 Å². The van der Waals surface area contributed by atoms with Gasteiger partial charge in [0.15, 0.2) is 6.23 Å². The summed E-state index contributed by atoms with van der Waals surface area (Å²) < 4.78 is 43.2. The molecule has 1 aromatic rings. The standard InChI is InChI=1S/C10H11F3N2O6/c11-10(12,13)3-1-15(9(20)14-7(3)19)8-6(18)5(17)4(2-16)21-8/h1,4-6,8,16-18H,2H2,(H,14,19,20)/t4-,5?,6?,8-/m0/s1. The summed E-state index contributed by atoms with van der Waals surface area (Å²) in [6.45, 7) is -0.709. The number of H-pyrrole nitrogens is 1. The smallest absolute Gasteiger partial charge is 0.394 e. The maximum absolute atomic E-state index is 12.6. The predicted molar refractivity (Wildman–Crippen MR) is 59.3 cm³/mol. The molecule has 2 rings (SSSR count). The van der Waals surface area contributed by atoms with Crippen molar-refractivity contribution in [2.24, 2.45) is 0 Å². The van der Waals surface area contributed by atoms with E-state index in [1.807, 2.05) is 0 Å². The average Bonchev–Trinajstić information content (AvgIpc) is 2.65. The number of aromatic nitrogens is 2. The van der Waals surface area contributed by atoms with Crippen LogP contribution in [0.2, 0.25) is 0 Å². The molecule has 0 saturated carbocycles. The van der Waals surface area contributed by atoms with Crippen molar-refractivity contribution in [2.75, 3.05) is 6.61 Å². The summed E-state index contributed by atoms with van der Waals surface area (Å²) >= 11 is 0. The molecule has 21 heavy (non-hydrogen) atoms. The third kappa shape index (κ3) is 2.72. The predicted octanol–water partition coefficient (Wildman–Crippen LogP) is -1.83. The number of hydrogen-bond donors (Lipinski definition) is 4. The molecule has 1 aliphatic heterocycles. The van der Waals surface area contributed by atoms with Crippen molar-refractivity contribution >= 4 is 0 Å². The topological polar surface area (TPSA) is 125 Å². The Labute approximate surface area is 114 Å². The molecule has 1 aliphatic rings. The van der Waals surface area contributed by atoms with Crippen LogP contribution in [0.5, 0.6) is 0 Å². The molecular weight excluding hydrogens is 301 g/mol. The van der Waals surface area contributed by atoms with Crippen molar-refractivity contribution in [3.63, 3.8) is 0 Å². The third-order valence-corrected chi connectivity index (χ3v) is 3.06. The molecular formula is C10H11F3N2O6. The van der Waals surface area contributed by atoms with Gasteiger partial charge in [0, 0.05) is 6.20 Å². The fraction of sp³-hybridized carbons (Fsp3) is 0.600. The first-order valence-electron chi connectivity index (χ1n) is 5.72. The molecule has 0 spiro atoms. The van der Waals surface area contributed by atoms with Crippen LogP contribution in [0.1, 0.15) is 11.8 Å². The summed E-state index contributed by atoms with van der Waals surface area (Å²) in [6.07, 6.45) is -11.1. The van der Waals surface area contributed by atoms with Crippen molar-refractivity contribution < 1.29 is 33.2 Å². The molecule has 2 unspecified atom stereocenters. The van der Waals surface area contributed by atoms with Crippen LogP contribution in [0.3, 0.4) is 0 Å². The van der Waals surface area contributed by atoms with Crippen molar-refractivity contribution in [3.8, 4) is 0 Å². The quantitative estimate of drug-likeness (QED) is 0.509. The zero-order valence-corrected chi connectivity index (χ0v) is 10.2. The molecule has 11 heteroatoms. The van der Waals surface area contributed by atoms with Crippen LogP contribution in [0, 0.1) is 0 Å². The lowest BCUT2D eigenvalue weighted by Gasteiger charge is -2.18. The molecule has 4 atom stereocenters. The van der Waals surface area contributed by atoms with Gasteiger partial charge in [-0.25, -0.2) is 4.79 Å². The first-order valence-corrected chi connectivity index (χ1v) is 5.72. The van der Waals surface area contributed by atoms with Gasteiger partial charge in [-0.2, -0.15) is 13.2 Å². The van der Waals surface area contributed by atoms with Crippen LogP contribution in [0.25, 0.3) is 0 Å². The molecule has 8 nitrogen and oxygen atoms in total. The number of hydrogen-bond acceptors (Lipinski definition) is 6. The fourth-order valence-corrected chi connectivity index (χ4v) is 1.99. The Bertz CT molecular complexity index is 639. The molecule has 1 aromatic heterocycles. The van der Waals surface area contributed by atoms with Crippen molar-refractivity contribution in [3.05, 3.63) is 32.6 Å². The van der Waals surface area contributed by atoms with Gasteiger partial charge in [0.25, 0.3) is 5.56 Å². The normalized spacial score (nSPS) is 29.8. The van der Waals surface area contributed by atoms with Gasteiger partial charge in [0.1, 0.15) is 23.9 Å². The summed E-state index contributed by atoms with van der Waals surface area (Å²) in [7, 11) is 0. The highest BCUT2D eigenvalue weighted by molar-refractivity contribution is 5.10. The SMILES string of the molecule is O=c1[nH]c(=O)n([C@H]2O[C@@H](CO)C(O)C2O)cc1C(F)(F)F. The average molecular weight is 312 g/mol. The van der Waals surface area contributed by atoms with Crippen LogP contribution in [-0.4, -0.2) is 49.8 Å². The van der Waals surface area contributed by atoms with E-state index in [1.165, 1.54) is 4.98 Å². The van der Waals surface area contributed by atoms with E-state index in [0.717, 1.165) is 0 Å². The highest BCUT2D eigenvalue weighted by Crippen LogP contribution is 2.30. The lowest BCUT2D eigenvalue weighted by molar-refractivity contribution is -0.140. The van der Waals surface area contributed by atoms with Gasteiger partial charge in [-0.3, -0.25) is 14.3 Å². The van der Waals surface area contributed by atoms with E-state index >= 15 is 0 Å². The van der Waals surface area contributed by atoms with Crippen molar-refractivity contribution in [2.45, 2.75) is 30.7 Å². The minimum atomic E-state index is -5.01. The molecule has 118 valence electrons.